The number of carboxylic acid groups (broad SMARTS) is 1. The van der Waals surface area contributed by atoms with Crippen LogP contribution in [0.4, 0.5) is 4.79 Å². The molecule has 0 aliphatic carbocycles. The molecule has 0 saturated carbocycles. The van der Waals surface area contributed by atoms with Crippen LogP contribution in [0.3, 0.4) is 0 Å². The summed E-state index contributed by atoms with van der Waals surface area (Å²) in [5, 5.41) is 15.9. The lowest BCUT2D eigenvalue weighted by Crippen LogP contribution is -2.60. The largest absolute Gasteiger partial charge is 0.478 e. The van der Waals surface area contributed by atoms with Gasteiger partial charge in [-0.2, -0.15) is 12.7 Å². The second-order valence-corrected chi connectivity index (χ2v) is 11.4. The molecule has 2 aromatic carbocycles. The highest BCUT2D eigenvalue weighted by Gasteiger charge is 2.43. The fourth-order valence-corrected chi connectivity index (χ4v) is 6.27. The molecule has 202 valence electrons. The van der Waals surface area contributed by atoms with E-state index in [1.54, 1.807) is 35.9 Å². The first-order valence-corrected chi connectivity index (χ1v) is 13.7. The van der Waals surface area contributed by atoms with Gasteiger partial charge >= 0.3 is 22.2 Å². The number of benzene rings is 2. The number of carbonyl (C=O) groups excluding carboxylic acids is 2. The van der Waals surface area contributed by atoms with E-state index in [-0.39, 0.29) is 29.4 Å². The van der Waals surface area contributed by atoms with Crippen molar-refractivity contribution in [3.8, 4) is 0 Å². The Morgan fingerprint density at radius 1 is 1.11 bits per heavy atom. The molecule has 1 aliphatic heterocycles. The number of fused-ring (bicyclic) bond motifs is 1. The van der Waals surface area contributed by atoms with Crippen LogP contribution in [0.1, 0.15) is 39.3 Å². The minimum atomic E-state index is -4.27. The highest BCUT2D eigenvalue weighted by Crippen LogP contribution is 2.36. The van der Waals surface area contributed by atoms with E-state index >= 15 is 0 Å². The zero-order valence-electron chi connectivity index (χ0n) is 20.4. The van der Waals surface area contributed by atoms with Gasteiger partial charge in [0.2, 0.25) is 0 Å². The number of nitrogens with one attached hydrogen (secondary N) is 3. The Hall–Kier alpha value is -3.32. The molecular weight excluding hydrogens is 557 g/mol. The van der Waals surface area contributed by atoms with Gasteiger partial charge in [0.05, 0.1) is 21.1 Å². The summed E-state index contributed by atoms with van der Waals surface area (Å²) in [6.45, 7) is -0.157. The van der Waals surface area contributed by atoms with E-state index < -0.39 is 33.7 Å². The standard InChI is InChI=1S/C24H25Cl2N5O6S/c1-27-23(35)29-38(36,37)31-10-4-9-24(13-31,15-6-3-5-14(11-15)22(33)34)28-21(32)19-12-16-18(30(19)2)8-7-17(25)20(16)26/h3,5-8,11-12H,4,9-10,13H2,1-2H3,(H,28,32)(H,33,34)(H2,27,29,35). The Morgan fingerprint density at radius 3 is 2.53 bits per heavy atom. The van der Waals surface area contributed by atoms with Crippen LogP contribution in [0.15, 0.2) is 42.5 Å². The zero-order chi connectivity index (χ0) is 27.8. The van der Waals surface area contributed by atoms with Gasteiger partial charge in [0.25, 0.3) is 5.91 Å². The molecule has 14 heteroatoms. The molecular formula is C24H25Cl2N5O6S. The number of carboxylic acids is 1. The van der Waals surface area contributed by atoms with Crippen molar-refractivity contribution in [3.05, 3.63) is 69.3 Å². The predicted octanol–water partition coefficient (Wildman–Crippen LogP) is 3.08. The number of hydrogen-bond donors (Lipinski definition) is 4. The summed E-state index contributed by atoms with van der Waals surface area (Å²) in [6.07, 6.45) is 0.632. The van der Waals surface area contributed by atoms with Crippen molar-refractivity contribution in [1.82, 2.24) is 24.2 Å². The van der Waals surface area contributed by atoms with E-state index in [0.29, 0.717) is 34.3 Å². The van der Waals surface area contributed by atoms with E-state index in [9.17, 15) is 27.9 Å². The van der Waals surface area contributed by atoms with Crippen LogP contribution in [0.5, 0.6) is 0 Å². The number of urea groups is 1. The molecule has 0 spiro atoms. The number of aromatic nitrogens is 1. The monoisotopic (exact) mass is 581 g/mol. The second kappa shape index (κ2) is 10.4. The zero-order valence-corrected chi connectivity index (χ0v) is 22.7. The fraction of sp³-hybridized carbons (Fsp3) is 0.292. The van der Waals surface area contributed by atoms with Crippen LogP contribution in [0, 0.1) is 0 Å². The highest BCUT2D eigenvalue weighted by molar-refractivity contribution is 7.87. The number of amides is 3. The quantitative estimate of drug-likeness (QED) is 0.351. The summed E-state index contributed by atoms with van der Waals surface area (Å²) in [5.74, 6) is -1.70. The molecule has 4 N–H and O–H groups in total. The minimum Gasteiger partial charge on any atom is -0.478 e. The van der Waals surface area contributed by atoms with Crippen molar-refractivity contribution in [2.75, 3.05) is 20.1 Å². The van der Waals surface area contributed by atoms with Gasteiger partial charge in [-0.05, 0) is 48.7 Å². The maximum atomic E-state index is 13.7. The first-order valence-electron chi connectivity index (χ1n) is 11.5. The highest BCUT2D eigenvalue weighted by atomic mass is 35.5. The lowest BCUT2D eigenvalue weighted by molar-refractivity contribution is 0.0696. The van der Waals surface area contributed by atoms with Gasteiger partial charge < -0.3 is 20.3 Å². The van der Waals surface area contributed by atoms with Gasteiger partial charge in [-0.3, -0.25) is 4.79 Å². The van der Waals surface area contributed by atoms with Crippen molar-refractivity contribution in [2.45, 2.75) is 18.4 Å². The van der Waals surface area contributed by atoms with Gasteiger partial charge in [0.15, 0.2) is 0 Å². The van der Waals surface area contributed by atoms with Crippen molar-refractivity contribution in [1.29, 1.82) is 0 Å². The maximum absolute atomic E-state index is 13.7. The molecule has 0 radical (unpaired) electrons. The van der Waals surface area contributed by atoms with Crippen LogP contribution in [0.2, 0.25) is 10.0 Å². The smallest absolute Gasteiger partial charge is 0.335 e. The molecule has 1 aromatic heterocycles. The van der Waals surface area contributed by atoms with E-state index in [1.807, 2.05) is 4.72 Å². The molecule has 1 unspecified atom stereocenters. The van der Waals surface area contributed by atoms with Crippen LogP contribution in [-0.4, -0.2) is 60.4 Å². The molecule has 3 amide bonds. The molecule has 38 heavy (non-hydrogen) atoms. The van der Waals surface area contributed by atoms with E-state index in [0.717, 1.165) is 4.31 Å². The average molecular weight is 582 g/mol. The number of piperidine rings is 1. The van der Waals surface area contributed by atoms with E-state index in [2.05, 4.69) is 10.6 Å². The van der Waals surface area contributed by atoms with Gasteiger partial charge in [0, 0.05) is 38.1 Å². The number of nitrogens with zero attached hydrogens (tertiary/aromatic N) is 2. The molecule has 1 aliphatic rings. The molecule has 1 atom stereocenters. The van der Waals surface area contributed by atoms with E-state index in [4.69, 9.17) is 23.2 Å². The molecule has 0 bridgehead atoms. The molecule has 3 aromatic rings. The minimum absolute atomic E-state index is 0.0226. The topological polar surface area (TPSA) is 150 Å². The van der Waals surface area contributed by atoms with Gasteiger partial charge in [-0.25, -0.2) is 14.3 Å². The first kappa shape index (κ1) is 27.7. The van der Waals surface area contributed by atoms with Crippen LogP contribution in [0.25, 0.3) is 10.9 Å². The first-order chi connectivity index (χ1) is 17.9. The van der Waals surface area contributed by atoms with Gasteiger partial charge in [-0.15, -0.1) is 0 Å². The molecule has 1 saturated heterocycles. The number of hydrogen-bond acceptors (Lipinski definition) is 5. The molecule has 1 fully saturated rings. The number of aryl methyl sites for hydroxylation is 1. The van der Waals surface area contributed by atoms with Crippen molar-refractivity contribution in [3.63, 3.8) is 0 Å². The molecule has 4 rings (SSSR count). The third-order valence-corrected chi connectivity index (χ3v) is 8.86. The lowest BCUT2D eigenvalue weighted by atomic mass is 9.82. The second-order valence-electron chi connectivity index (χ2n) is 8.93. The van der Waals surface area contributed by atoms with Crippen LogP contribution < -0.4 is 15.4 Å². The summed E-state index contributed by atoms with van der Waals surface area (Å²) in [7, 11) is -1.30. The third kappa shape index (κ3) is 5.17. The van der Waals surface area contributed by atoms with Crippen molar-refractivity contribution >= 4 is 62.2 Å². The number of aromatic carboxylic acids is 1. The Balaban J connectivity index is 1.79. The normalized spacial score (nSPS) is 18.2. The van der Waals surface area contributed by atoms with E-state index in [1.165, 1.54) is 25.2 Å². The maximum Gasteiger partial charge on any atom is 0.335 e. The Bertz CT molecular complexity index is 1560. The Kier molecular flexibility index (Phi) is 7.62. The Morgan fingerprint density at radius 2 is 1.84 bits per heavy atom. The lowest BCUT2D eigenvalue weighted by Gasteiger charge is -2.43. The average Bonchev–Trinajstić information content (AvgIpc) is 3.23. The van der Waals surface area contributed by atoms with Crippen LogP contribution in [-0.2, 0) is 22.8 Å². The third-order valence-electron chi connectivity index (χ3n) is 6.61. The predicted molar refractivity (Wildman–Crippen MR) is 143 cm³/mol. The molecule has 11 nitrogen and oxygen atoms in total. The number of carbonyl (C=O) groups is 3. The van der Waals surface area contributed by atoms with Gasteiger partial charge in [0.1, 0.15) is 5.69 Å². The van der Waals surface area contributed by atoms with Crippen LogP contribution >= 0.6 is 23.2 Å². The molecule has 2 heterocycles. The summed E-state index contributed by atoms with van der Waals surface area (Å²) < 4.78 is 30.5. The van der Waals surface area contributed by atoms with Crippen molar-refractivity contribution < 1.29 is 27.9 Å². The summed E-state index contributed by atoms with van der Waals surface area (Å²) in [5.41, 5.74) is -0.0256. The fourth-order valence-electron chi connectivity index (χ4n) is 4.66. The Labute approximate surface area is 228 Å². The summed E-state index contributed by atoms with van der Waals surface area (Å²) in [4.78, 5) is 37.2. The number of rotatable bonds is 6. The SMILES string of the molecule is CNC(=O)NS(=O)(=O)N1CCCC(NC(=O)c2cc3c(Cl)c(Cl)ccc3n2C)(c2cccc(C(=O)O)c2)C1. The van der Waals surface area contributed by atoms with Gasteiger partial charge in [-0.1, -0.05) is 35.3 Å². The summed E-state index contributed by atoms with van der Waals surface area (Å²) in [6, 6.07) is 10.00. The number of halogens is 2. The summed E-state index contributed by atoms with van der Waals surface area (Å²) >= 11 is 12.5. The van der Waals surface area contributed by atoms with Crippen molar-refractivity contribution in [2.24, 2.45) is 7.05 Å².